The molecule has 2 aliphatic rings. The number of benzene rings is 1. The van der Waals surface area contributed by atoms with E-state index in [0.717, 1.165) is 52.0 Å². The van der Waals surface area contributed by atoms with E-state index in [1.165, 1.54) is 16.8 Å². The topological polar surface area (TPSA) is 24.5 Å². The molecular formula is C21H29ClN2O. The SMILES string of the molecule is C=C/C=C(\C=C)Cc1cccc(N2CCC3(CC2)CNCCO3)c1.Cl. The van der Waals surface area contributed by atoms with E-state index in [1.54, 1.807) is 0 Å². The van der Waals surface area contributed by atoms with E-state index in [9.17, 15) is 0 Å². The third kappa shape index (κ3) is 4.97. The number of nitrogens with one attached hydrogen (secondary N) is 1. The van der Waals surface area contributed by atoms with Gasteiger partial charge in [-0.25, -0.2) is 0 Å². The van der Waals surface area contributed by atoms with Crippen molar-refractivity contribution < 1.29 is 4.74 Å². The fourth-order valence-electron chi connectivity index (χ4n) is 3.65. The lowest BCUT2D eigenvalue weighted by atomic mass is 9.89. The fraction of sp³-hybridized carbons (Fsp3) is 0.429. The number of halogens is 1. The summed E-state index contributed by atoms with van der Waals surface area (Å²) in [5.41, 5.74) is 3.89. The first kappa shape index (κ1) is 19.8. The van der Waals surface area contributed by atoms with Crippen LogP contribution in [0.1, 0.15) is 18.4 Å². The van der Waals surface area contributed by atoms with E-state index in [0.29, 0.717) is 0 Å². The molecule has 0 aliphatic carbocycles. The highest BCUT2D eigenvalue weighted by Gasteiger charge is 2.36. The standard InChI is InChI=1S/C21H28N2O.ClH/c1-3-6-18(4-2)15-19-7-5-8-20(16-19)23-12-9-21(10-13-23)17-22-11-14-24-21;/h3-8,16,22H,1-2,9-15,17H2;1H/b18-6+;. The maximum Gasteiger partial charge on any atom is 0.0840 e. The fourth-order valence-corrected chi connectivity index (χ4v) is 3.65. The van der Waals surface area contributed by atoms with Crippen LogP contribution in [0.4, 0.5) is 5.69 Å². The zero-order valence-electron chi connectivity index (χ0n) is 14.9. The normalized spacial score (nSPS) is 20.0. The lowest BCUT2D eigenvalue weighted by molar-refractivity contribution is -0.0799. The zero-order valence-corrected chi connectivity index (χ0v) is 15.7. The summed E-state index contributed by atoms with van der Waals surface area (Å²) >= 11 is 0. The van der Waals surface area contributed by atoms with Crippen molar-refractivity contribution in [3.8, 4) is 0 Å². The molecule has 136 valence electrons. The average Bonchev–Trinajstić information content (AvgIpc) is 2.63. The van der Waals surface area contributed by atoms with Crippen LogP contribution in [-0.4, -0.2) is 38.4 Å². The van der Waals surface area contributed by atoms with Crippen molar-refractivity contribution in [1.82, 2.24) is 5.32 Å². The summed E-state index contributed by atoms with van der Waals surface area (Å²) in [5, 5.41) is 3.48. The van der Waals surface area contributed by atoms with Gasteiger partial charge in [0.25, 0.3) is 0 Å². The molecule has 1 aromatic rings. The van der Waals surface area contributed by atoms with Crippen LogP contribution in [0.2, 0.25) is 0 Å². The molecule has 0 bridgehead atoms. The molecule has 0 amide bonds. The lowest BCUT2D eigenvalue weighted by Gasteiger charge is -2.44. The number of hydrogen-bond acceptors (Lipinski definition) is 3. The quantitative estimate of drug-likeness (QED) is 0.806. The van der Waals surface area contributed by atoms with Crippen LogP contribution in [0.15, 0.2) is 61.2 Å². The summed E-state index contributed by atoms with van der Waals surface area (Å²) in [5.74, 6) is 0. The molecule has 2 heterocycles. The molecule has 25 heavy (non-hydrogen) atoms. The Hall–Kier alpha value is -1.55. The van der Waals surface area contributed by atoms with Crippen LogP contribution in [0.3, 0.4) is 0 Å². The highest BCUT2D eigenvalue weighted by atomic mass is 35.5. The average molecular weight is 361 g/mol. The van der Waals surface area contributed by atoms with E-state index < -0.39 is 0 Å². The van der Waals surface area contributed by atoms with Crippen molar-refractivity contribution in [1.29, 1.82) is 0 Å². The summed E-state index contributed by atoms with van der Waals surface area (Å²) in [6, 6.07) is 8.86. The van der Waals surface area contributed by atoms with Crippen molar-refractivity contribution in [2.24, 2.45) is 0 Å². The summed E-state index contributed by atoms with van der Waals surface area (Å²) in [4.78, 5) is 2.48. The van der Waals surface area contributed by atoms with Gasteiger partial charge in [0.05, 0.1) is 12.2 Å². The monoisotopic (exact) mass is 360 g/mol. The number of piperidine rings is 1. The molecule has 1 spiro atoms. The summed E-state index contributed by atoms with van der Waals surface area (Å²) in [6.07, 6.45) is 8.85. The molecule has 2 saturated heterocycles. The summed E-state index contributed by atoms with van der Waals surface area (Å²) in [6.45, 7) is 12.6. The molecule has 2 aliphatic heterocycles. The molecule has 3 nitrogen and oxygen atoms in total. The molecular weight excluding hydrogens is 332 g/mol. The molecule has 1 aromatic carbocycles. The third-order valence-electron chi connectivity index (χ3n) is 5.09. The molecule has 0 radical (unpaired) electrons. The van der Waals surface area contributed by atoms with Gasteiger partial charge in [-0.2, -0.15) is 0 Å². The van der Waals surface area contributed by atoms with Crippen LogP contribution < -0.4 is 10.2 Å². The van der Waals surface area contributed by atoms with Gasteiger partial charge in [0.2, 0.25) is 0 Å². The lowest BCUT2D eigenvalue weighted by Crippen LogP contribution is -2.55. The van der Waals surface area contributed by atoms with Crippen molar-refractivity contribution in [3.63, 3.8) is 0 Å². The number of hydrogen-bond donors (Lipinski definition) is 1. The maximum absolute atomic E-state index is 6.09. The van der Waals surface area contributed by atoms with Gasteiger partial charge in [-0.1, -0.05) is 43.5 Å². The van der Waals surface area contributed by atoms with Crippen LogP contribution in [-0.2, 0) is 11.2 Å². The van der Waals surface area contributed by atoms with Gasteiger partial charge in [0.15, 0.2) is 0 Å². The van der Waals surface area contributed by atoms with Gasteiger partial charge in [-0.05, 0) is 42.5 Å². The van der Waals surface area contributed by atoms with Crippen LogP contribution in [0, 0.1) is 0 Å². The second-order valence-corrected chi connectivity index (χ2v) is 6.72. The Labute approximate surface area is 157 Å². The Morgan fingerprint density at radius 2 is 2.08 bits per heavy atom. The van der Waals surface area contributed by atoms with Crippen molar-refractivity contribution in [3.05, 3.63) is 66.8 Å². The summed E-state index contributed by atoms with van der Waals surface area (Å²) in [7, 11) is 0. The molecule has 2 fully saturated rings. The number of anilines is 1. The van der Waals surface area contributed by atoms with Crippen molar-refractivity contribution >= 4 is 18.1 Å². The molecule has 3 rings (SSSR count). The first-order valence-corrected chi connectivity index (χ1v) is 8.87. The number of allylic oxidation sites excluding steroid dienone is 4. The van der Waals surface area contributed by atoms with E-state index in [4.69, 9.17) is 4.74 Å². The molecule has 0 atom stereocenters. The van der Waals surface area contributed by atoms with Gasteiger partial charge in [0.1, 0.15) is 0 Å². The van der Waals surface area contributed by atoms with Gasteiger partial charge < -0.3 is 15.0 Å². The van der Waals surface area contributed by atoms with E-state index in [1.807, 2.05) is 18.2 Å². The largest absolute Gasteiger partial charge is 0.372 e. The Kier molecular flexibility index (Phi) is 7.30. The second-order valence-electron chi connectivity index (χ2n) is 6.72. The number of rotatable bonds is 5. The van der Waals surface area contributed by atoms with Crippen molar-refractivity contribution in [2.45, 2.75) is 24.9 Å². The van der Waals surface area contributed by atoms with Gasteiger partial charge in [-0.15, -0.1) is 12.4 Å². The van der Waals surface area contributed by atoms with E-state index in [2.05, 4.69) is 47.6 Å². The van der Waals surface area contributed by atoms with Crippen LogP contribution >= 0.6 is 12.4 Å². The van der Waals surface area contributed by atoms with Gasteiger partial charge in [0, 0.05) is 31.9 Å². The molecule has 4 heteroatoms. The minimum Gasteiger partial charge on any atom is -0.372 e. The minimum atomic E-state index is 0. The molecule has 0 aromatic heterocycles. The Morgan fingerprint density at radius 3 is 2.72 bits per heavy atom. The first-order valence-electron chi connectivity index (χ1n) is 8.87. The molecule has 0 unspecified atom stereocenters. The van der Waals surface area contributed by atoms with E-state index >= 15 is 0 Å². The predicted octanol–water partition coefficient (Wildman–Crippen LogP) is 3.91. The number of morpholine rings is 1. The number of ether oxygens (including phenoxy) is 1. The highest BCUT2D eigenvalue weighted by Crippen LogP contribution is 2.30. The Balaban J connectivity index is 0.00000225. The van der Waals surface area contributed by atoms with Crippen LogP contribution in [0.5, 0.6) is 0 Å². The first-order chi connectivity index (χ1) is 11.7. The molecule has 0 saturated carbocycles. The maximum atomic E-state index is 6.09. The second kappa shape index (κ2) is 9.23. The zero-order chi connectivity index (χ0) is 16.8. The minimum absolute atomic E-state index is 0. The highest BCUT2D eigenvalue weighted by molar-refractivity contribution is 5.85. The predicted molar refractivity (Wildman–Crippen MR) is 109 cm³/mol. The third-order valence-corrected chi connectivity index (χ3v) is 5.09. The molecule has 1 N–H and O–H groups in total. The van der Waals surface area contributed by atoms with Gasteiger partial charge >= 0.3 is 0 Å². The summed E-state index contributed by atoms with van der Waals surface area (Å²) < 4.78 is 6.09. The Morgan fingerprint density at radius 1 is 1.28 bits per heavy atom. The Bertz CT molecular complexity index is 610. The van der Waals surface area contributed by atoms with Crippen LogP contribution in [0.25, 0.3) is 0 Å². The van der Waals surface area contributed by atoms with E-state index in [-0.39, 0.29) is 18.0 Å². The van der Waals surface area contributed by atoms with Gasteiger partial charge in [-0.3, -0.25) is 0 Å². The number of nitrogens with zero attached hydrogens (tertiary/aromatic N) is 1. The smallest absolute Gasteiger partial charge is 0.0840 e. The van der Waals surface area contributed by atoms with Crippen molar-refractivity contribution in [2.75, 3.05) is 37.7 Å².